The quantitative estimate of drug-likeness (QED) is 0.401. The van der Waals surface area contributed by atoms with Crippen LogP contribution in [0.1, 0.15) is 21.5 Å². The lowest BCUT2D eigenvalue weighted by molar-refractivity contribution is -0.254. The number of pyridine rings is 1. The van der Waals surface area contributed by atoms with E-state index in [4.69, 9.17) is 0 Å². The molecule has 0 spiro atoms. The van der Waals surface area contributed by atoms with Gasteiger partial charge in [0.2, 0.25) is 11.6 Å². The van der Waals surface area contributed by atoms with Gasteiger partial charge in [0.05, 0.1) is 21.4 Å². The molecule has 0 aliphatic carbocycles. The number of carboxylic acids is 1. The summed E-state index contributed by atoms with van der Waals surface area (Å²) in [6.07, 6.45) is 0. The molecule has 116 valence electrons. The highest BCUT2D eigenvalue weighted by Crippen LogP contribution is 2.22. The van der Waals surface area contributed by atoms with E-state index in [9.17, 15) is 27.5 Å². The van der Waals surface area contributed by atoms with Crippen molar-refractivity contribution in [1.29, 1.82) is 0 Å². The number of hydrogen-bond acceptors (Lipinski definition) is 6. The Balaban J connectivity index is 2.29. The van der Waals surface area contributed by atoms with E-state index in [2.05, 4.69) is 10.1 Å². The van der Waals surface area contributed by atoms with Crippen LogP contribution in [0.25, 0.3) is 0 Å². The fourth-order valence-corrected chi connectivity index (χ4v) is 2.21. The van der Waals surface area contributed by atoms with Crippen LogP contribution in [0.15, 0.2) is 17.2 Å². The van der Waals surface area contributed by atoms with Gasteiger partial charge in [-0.1, -0.05) is 0 Å². The first-order chi connectivity index (χ1) is 10.3. The molecule has 0 fully saturated rings. The Morgan fingerprint density at radius 3 is 2.23 bits per heavy atom. The lowest BCUT2D eigenvalue weighted by atomic mass is 10.3. The number of anilines is 1. The average molecular weight is 332 g/mol. The van der Waals surface area contributed by atoms with Crippen LogP contribution >= 0.6 is 11.3 Å². The van der Waals surface area contributed by atoms with Crippen molar-refractivity contribution in [1.82, 2.24) is 4.98 Å². The molecule has 2 aromatic heterocycles. The third-order valence-corrected chi connectivity index (χ3v) is 3.67. The highest BCUT2D eigenvalue weighted by atomic mass is 32.1. The van der Waals surface area contributed by atoms with E-state index in [1.807, 2.05) is 5.43 Å². The number of carbonyl (C=O) groups excluding carboxylic acids is 1. The molecule has 0 saturated carbocycles. The fourth-order valence-electron chi connectivity index (χ4n) is 1.42. The van der Waals surface area contributed by atoms with E-state index in [1.54, 1.807) is 0 Å². The number of hydrogen-bond donors (Lipinski definition) is 1. The summed E-state index contributed by atoms with van der Waals surface area (Å²) < 4.78 is 52.5. The lowest BCUT2D eigenvalue weighted by Crippen LogP contribution is -2.20. The zero-order valence-corrected chi connectivity index (χ0v) is 11.6. The molecule has 2 aromatic rings. The average Bonchev–Trinajstić information content (AvgIpc) is 2.95. The zero-order chi connectivity index (χ0) is 16.4. The number of thiophene rings is 1. The van der Waals surface area contributed by atoms with E-state index in [-0.39, 0.29) is 10.6 Å². The van der Waals surface area contributed by atoms with Gasteiger partial charge >= 0.3 is 0 Å². The van der Waals surface area contributed by atoms with Gasteiger partial charge in [-0.25, -0.2) is 0 Å². The third kappa shape index (κ3) is 3.06. The van der Waals surface area contributed by atoms with E-state index in [0.29, 0.717) is 4.88 Å². The summed E-state index contributed by atoms with van der Waals surface area (Å²) in [7, 11) is 0. The van der Waals surface area contributed by atoms with Crippen molar-refractivity contribution in [3.63, 3.8) is 0 Å². The predicted molar refractivity (Wildman–Crippen MR) is 68.6 cm³/mol. The second-order valence-corrected chi connectivity index (χ2v) is 5.04. The number of aromatic carboxylic acids is 1. The number of aromatic nitrogens is 1. The summed E-state index contributed by atoms with van der Waals surface area (Å²) in [5.41, 5.74) is 0.870. The molecule has 0 amide bonds. The minimum atomic E-state index is -1.82. The minimum Gasteiger partial charge on any atom is -0.544 e. The van der Waals surface area contributed by atoms with Crippen molar-refractivity contribution in [2.24, 2.45) is 5.10 Å². The number of nitrogens with one attached hydrogen (secondary N) is 1. The predicted octanol–water partition coefficient (Wildman–Crippen LogP) is 1.90. The zero-order valence-electron chi connectivity index (χ0n) is 10.8. The van der Waals surface area contributed by atoms with E-state index in [0.717, 1.165) is 11.3 Å². The SMILES string of the molecule is C/C(=N/Nc1c(F)c(F)nc(F)c1F)c1ccc(C(=O)[O-])s1. The van der Waals surface area contributed by atoms with Crippen LogP contribution in [0.3, 0.4) is 0 Å². The summed E-state index contributed by atoms with van der Waals surface area (Å²) in [6, 6.07) is 2.66. The molecule has 0 aliphatic rings. The van der Waals surface area contributed by atoms with Gasteiger partial charge in [0.1, 0.15) is 5.69 Å². The van der Waals surface area contributed by atoms with Crippen LogP contribution in [-0.4, -0.2) is 16.7 Å². The summed E-state index contributed by atoms with van der Waals surface area (Å²) in [5.74, 6) is -8.46. The number of carboxylic acid groups (broad SMARTS) is 1. The summed E-state index contributed by atoms with van der Waals surface area (Å²) in [6.45, 7) is 1.40. The Labute approximate surface area is 124 Å². The van der Waals surface area contributed by atoms with E-state index in [1.165, 1.54) is 19.1 Å². The molecule has 0 atom stereocenters. The Bertz CT molecular complexity index is 750. The lowest BCUT2D eigenvalue weighted by Gasteiger charge is -2.06. The molecule has 0 unspecified atom stereocenters. The molecular weight excluding hydrogens is 326 g/mol. The van der Waals surface area contributed by atoms with Crippen molar-refractivity contribution in [2.45, 2.75) is 6.92 Å². The van der Waals surface area contributed by atoms with E-state index >= 15 is 0 Å². The van der Waals surface area contributed by atoms with Crippen LogP contribution in [0.2, 0.25) is 0 Å². The Hall–Kier alpha value is -2.49. The topological polar surface area (TPSA) is 77.4 Å². The van der Waals surface area contributed by atoms with Crippen molar-refractivity contribution < 1.29 is 27.5 Å². The van der Waals surface area contributed by atoms with Crippen LogP contribution in [0.5, 0.6) is 0 Å². The van der Waals surface area contributed by atoms with Gasteiger partial charge in [0, 0.05) is 0 Å². The summed E-state index contributed by atoms with van der Waals surface area (Å²) in [4.78, 5) is 13.3. The number of halogens is 4. The number of carbonyl (C=O) groups is 1. The smallest absolute Gasteiger partial charge is 0.254 e. The maximum atomic E-state index is 13.3. The minimum absolute atomic E-state index is 0.0667. The molecule has 0 aliphatic heterocycles. The first-order valence-electron chi connectivity index (χ1n) is 5.63. The van der Waals surface area contributed by atoms with Crippen LogP contribution in [0.4, 0.5) is 23.2 Å². The van der Waals surface area contributed by atoms with Crippen LogP contribution in [0, 0.1) is 23.5 Å². The standard InChI is InChI=1S/C12H7F4N3O2S/c1-4(5-2-3-6(22-5)12(20)21)18-19-9-7(13)10(15)17-11(16)8(9)14/h2-3H,1H3,(H,17,19)(H,20,21)/p-1/b18-4-. The summed E-state index contributed by atoms with van der Waals surface area (Å²) in [5, 5.41) is 14.2. The highest BCUT2D eigenvalue weighted by Gasteiger charge is 2.20. The van der Waals surface area contributed by atoms with E-state index < -0.39 is 35.2 Å². The highest BCUT2D eigenvalue weighted by molar-refractivity contribution is 7.15. The Kier molecular flexibility index (Phi) is 4.40. The molecular formula is C12H6F4N3O2S-. The normalized spacial score (nSPS) is 11.6. The molecule has 1 N–H and O–H groups in total. The van der Waals surface area contributed by atoms with Crippen LogP contribution < -0.4 is 10.5 Å². The van der Waals surface area contributed by atoms with Gasteiger partial charge in [-0.05, 0) is 19.1 Å². The Morgan fingerprint density at radius 2 is 1.73 bits per heavy atom. The van der Waals surface area contributed by atoms with Crippen molar-refractivity contribution in [3.8, 4) is 0 Å². The van der Waals surface area contributed by atoms with Crippen LogP contribution in [-0.2, 0) is 0 Å². The number of rotatable bonds is 4. The fraction of sp³-hybridized carbons (Fsp3) is 0.0833. The molecule has 0 bridgehead atoms. The number of hydrazone groups is 1. The van der Waals surface area contributed by atoms with Gasteiger partial charge in [-0.3, -0.25) is 5.43 Å². The molecule has 2 rings (SSSR count). The molecule has 0 saturated heterocycles. The largest absolute Gasteiger partial charge is 0.544 e. The van der Waals surface area contributed by atoms with Crippen molar-refractivity contribution in [2.75, 3.05) is 5.43 Å². The second-order valence-electron chi connectivity index (χ2n) is 3.96. The van der Waals surface area contributed by atoms with Crippen molar-refractivity contribution >= 4 is 28.7 Å². The Morgan fingerprint density at radius 1 is 1.18 bits per heavy atom. The van der Waals surface area contributed by atoms with Gasteiger partial charge < -0.3 is 9.90 Å². The first kappa shape index (κ1) is 15.9. The first-order valence-corrected chi connectivity index (χ1v) is 6.44. The molecule has 5 nitrogen and oxygen atoms in total. The molecule has 2 heterocycles. The van der Waals surface area contributed by atoms with Gasteiger partial charge in [-0.2, -0.15) is 27.6 Å². The molecule has 10 heteroatoms. The van der Waals surface area contributed by atoms with Crippen molar-refractivity contribution in [3.05, 3.63) is 45.4 Å². The third-order valence-electron chi connectivity index (χ3n) is 2.50. The van der Waals surface area contributed by atoms with Gasteiger partial charge in [-0.15, -0.1) is 11.3 Å². The molecule has 22 heavy (non-hydrogen) atoms. The number of nitrogens with zero attached hydrogens (tertiary/aromatic N) is 2. The second kappa shape index (κ2) is 6.10. The maximum Gasteiger partial charge on any atom is 0.254 e. The summed E-state index contributed by atoms with van der Waals surface area (Å²) >= 11 is 0.818. The maximum absolute atomic E-state index is 13.3. The monoisotopic (exact) mass is 332 g/mol. The molecule has 0 aromatic carbocycles. The molecule has 0 radical (unpaired) electrons. The van der Waals surface area contributed by atoms with Gasteiger partial charge in [0.25, 0.3) is 11.9 Å². The van der Waals surface area contributed by atoms with Gasteiger partial charge in [0.15, 0.2) is 0 Å².